The first-order valence-electron chi connectivity index (χ1n) is 8.46. The first-order valence-corrected chi connectivity index (χ1v) is 9.66. The van der Waals surface area contributed by atoms with Gasteiger partial charge in [-0.2, -0.15) is 5.10 Å². The van der Waals surface area contributed by atoms with Crippen LogP contribution in [0.15, 0.2) is 47.7 Å². The summed E-state index contributed by atoms with van der Waals surface area (Å²) in [7, 11) is 1.64. The molecular weight excluding hydrogens is 398 g/mol. The van der Waals surface area contributed by atoms with E-state index in [1.54, 1.807) is 30.9 Å². The fraction of sp³-hybridized carbons (Fsp3) is 0.158. The van der Waals surface area contributed by atoms with Gasteiger partial charge in [-0.05, 0) is 30.2 Å². The molecule has 7 nitrogen and oxygen atoms in total. The summed E-state index contributed by atoms with van der Waals surface area (Å²) < 4.78 is 3.10. The van der Waals surface area contributed by atoms with E-state index in [0.29, 0.717) is 38.0 Å². The summed E-state index contributed by atoms with van der Waals surface area (Å²) in [5.74, 6) is 0.276. The van der Waals surface area contributed by atoms with Crippen LogP contribution in [-0.2, 0) is 13.6 Å². The zero-order valence-electron chi connectivity index (χ0n) is 15.1. The van der Waals surface area contributed by atoms with Crippen LogP contribution in [0.2, 0.25) is 5.02 Å². The Labute approximate surface area is 169 Å². The van der Waals surface area contributed by atoms with Crippen molar-refractivity contribution in [2.75, 3.05) is 5.32 Å². The van der Waals surface area contributed by atoms with Crippen LogP contribution in [0.5, 0.6) is 0 Å². The van der Waals surface area contributed by atoms with Crippen molar-refractivity contribution in [3.63, 3.8) is 0 Å². The number of carbonyl (C=O) groups excluding carboxylic acids is 1. The average Bonchev–Trinajstić information content (AvgIpc) is 3.24. The first-order chi connectivity index (χ1) is 13.4. The number of nitrogens with one attached hydrogen (secondary N) is 1. The number of carbonyl (C=O) groups is 1. The second kappa shape index (κ2) is 7.21. The van der Waals surface area contributed by atoms with Crippen molar-refractivity contribution < 1.29 is 4.79 Å². The van der Waals surface area contributed by atoms with Crippen LogP contribution in [0.3, 0.4) is 0 Å². The molecular formula is C19H16ClN5O2S. The number of aryl methyl sites for hydroxylation is 2. The number of benzene rings is 1. The Kier molecular flexibility index (Phi) is 4.74. The lowest BCUT2D eigenvalue weighted by Crippen LogP contribution is -2.18. The minimum atomic E-state index is -0.291. The minimum Gasteiger partial charge on any atom is -0.306 e. The molecule has 3 heterocycles. The highest BCUT2D eigenvalue weighted by Crippen LogP contribution is 2.27. The highest BCUT2D eigenvalue weighted by Gasteiger charge is 2.20. The SMILES string of the molecule is Cc1c(C(=O)Nc2ccnn2Cc2ccc(Cl)cc2)sc2ncn(C)c(=O)c12. The Morgan fingerprint density at radius 3 is 2.75 bits per heavy atom. The molecule has 0 saturated heterocycles. The highest BCUT2D eigenvalue weighted by molar-refractivity contribution is 7.20. The molecule has 0 saturated carbocycles. The summed E-state index contributed by atoms with van der Waals surface area (Å²) in [4.78, 5) is 30.5. The third-order valence-electron chi connectivity index (χ3n) is 4.42. The molecule has 4 rings (SSSR count). The standard InChI is InChI=1S/C19H16ClN5O2S/c1-11-15-18(21-10-24(2)19(15)27)28-16(11)17(26)23-14-7-8-22-25(14)9-12-3-5-13(20)6-4-12/h3-8,10H,9H2,1-2H3,(H,23,26). The van der Waals surface area contributed by atoms with Crippen molar-refractivity contribution in [2.24, 2.45) is 7.05 Å². The Bertz CT molecular complexity index is 1240. The highest BCUT2D eigenvalue weighted by atomic mass is 35.5. The molecule has 0 fully saturated rings. The van der Waals surface area contributed by atoms with E-state index in [0.717, 1.165) is 5.56 Å². The van der Waals surface area contributed by atoms with E-state index in [4.69, 9.17) is 11.6 Å². The second-order valence-corrected chi connectivity index (χ2v) is 7.79. The fourth-order valence-corrected chi connectivity index (χ4v) is 4.09. The van der Waals surface area contributed by atoms with Gasteiger partial charge in [-0.3, -0.25) is 9.59 Å². The molecule has 1 aromatic carbocycles. The molecule has 4 aromatic rings. The van der Waals surface area contributed by atoms with Gasteiger partial charge in [0, 0.05) is 18.1 Å². The van der Waals surface area contributed by atoms with E-state index in [1.807, 2.05) is 24.3 Å². The first kappa shape index (κ1) is 18.4. The smallest absolute Gasteiger partial charge is 0.267 e. The quantitative estimate of drug-likeness (QED) is 0.555. The summed E-state index contributed by atoms with van der Waals surface area (Å²) >= 11 is 7.13. The van der Waals surface area contributed by atoms with Gasteiger partial charge in [-0.15, -0.1) is 11.3 Å². The van der Waals surface area contributed by atoms with Crippen molar-refractivity contribution in [1.82, 2.24) is 19.3 Å². The number of anilines is 1. The average molecular weight is 414 g/mol. The predicted molar refractivity (Wildman–Crippen MR) is 110 cm³/mol. The van der Waals surface area contributed by atoms with Crippen molar-refractivity contribution >= 4 is 44.9 Å². The van der Waals surface area contributed by atoms with Gasteiger partial charge in [0.1, 0.15) is 10.6 Å². The zero-order valence-corrected chi connectivity index (χ0v) is 16.7. The molecule has 28 heavy (non-hydrogen) atoms. The Morgan fingerprint density at radius 1 is 1.25 bits per heavy atom. The van der Waals surface area contributed by atoms with Gasteiger partial charge >= 0.3 is 0 Å². The van der Waals surface area contributed by atoms with Gasteiger partial charge in [0.2, 0.25) is 0 Å². The lowest BCUT2D eigenvalue weighted by atomic mass is 10.2. The molecule has 1 amide bonds. The van der Waals surface area contributed by atoms with Crippen molar-refractivity contribution in [2.45, 2.75) is 13.5 Å². The Morgan fingerprint density at radius 2 is 2.00 bits per heavy atom. The Balaban J connectivity index is 1.62. The van der Waals surface area contributed by atoms with E-state index in [9.17, 15) is 9.59 Å². The monoisotopic (exact) mass is 413 g/mol. The number of halogens is 1. The van der Waals surface area contributed by atoms with Gasteiger partial charge in [0.25, 0.3) is 11.5 Å². The zero-order chi connectivity index (χ0) is 19.8. The van der Waals surface area contributed by atoms with Crippen LogP contribution in [0.25, 0.3) is 10.2 Å². The van der Waals surface area contributed by atoms with Crippen molar-refractivity contribution in [3.05, 3.63) is 74.2 Å². The normalized spacial score (nSPS) is 11.1. The number of nitrogens with zero attached hydrogens (tertiary/aromatic N) is 4. The van der Waals surface area contributed by atoms with Crippen LogP contribution < -0.4 is 10.9 Å². The predicted octanol–water partition coefficient (Wildman–Crippen LogP) is 3.45. The van der Waals surface area contributed by atoms with Crippen LogP contribution in [0, 0.1) is 6.92 Å². The third kappa shape index (κ3) is 3.32. The number of fused-ring (bicyclic) bond motifs is 1. The molecule has 0 atom stereocenters. The largest absolute Gasteiger partial charge is 0.306 e. The van der Waals surface area contributed by atoms with Crippen LogP contribution in [-0.4, -0.2) is 25.2 Å². The molecule has 0 radical (unpaired) electrons. The van der Waals surface area contributed by atoms with E-state index in [1.165, 1.54) is 22.2 Å². The molecule has 0 spiro atoms. The number of hydrogen-bond acceptors (Lipinski definition) is 5. The summed E-state index contributed by atoms with van der Waals surface area (Å²) in [6.07, 6.45) is 3.09. The van der Waals surface area contributed by atoms with Gasteiger partial charge in [-0.25, -0.2) is 9.67 Å². The number of thiophene rings is 1. The maximum atomic E-state index is 12.9. The Hall–Kier alpha value is -2.97. The third-order valence-corrected chi connectivity index (χ3v) is 5.87. The van der Waals surface area contributed by atoms with E-state index in [2.05, 4.69) is 15.4 Å². The van der Waals surface area contributed by atoms with Crippen LogP contribution >= 0.6 is 22.9 Å². The number of amides is 1. The fourth-order valence-electron chi connectivity index (χ4n) is 2.93. The van der Waals surface area contributed by atoms with Gasteiger partial charge in [0.15, 0.2) is 0 Å². The topological polar surface area (TPSA) is 81.8 Å². The molecule has 0 aliphatic carbocycles. The number of hydrogen-bond donors (Lipinski definition) is 1. The number of aromatic nitrogens is 4. The lowest BCUT2D eigenvalue weighted by Gasteiger charge is -2.09. The molecule has 0 unspecified atom stereocenters. The summed E-state index contributed by atoms with van der Waals surface area (Å²) in [5, 5.41) is 8.31. The van der Waals surface area contributed by atoms with Gasteiger partial charge < -0.3 is 9.88 Å². The molecule has 0 bridgehead atoms. The second-order valence-electron chi connectivity index (χ2n) is 6.35. The van der Waals surface area contributed by atoms with Crippen LogP contribution in [0.1, 0.15) is 20.8 Å². The summed E-state index contributed by atoms with van der Waals surface area (Å²) in [6, 6.07) is 9.17. The lowest BCUT2D eigenvalue weighted by molar-refractivity contribution is 0.102. The molecule has 9 heteroatoms. The van der Waals surface area contributed by atoms with E-state index in [-0.39, 0.29) is 11.5 Å². The van der Waals surface area contributed by atoms with E-state index < -0.39 is 0 Å². The summed E-state index contributed by atoms with van der Waals surface area (Å²) in [6.45, 7) is 2.26. The minimum absolute atomic E-state index is 0.161. The molecule has 142 valence electrons. The maximum Gasteiger partial charge on any atom is 0.267 e. The maximum absolute atomic E-state index is 12.9. The molecule has 3 aromatic heterocycles. The molecule has 0 aliphatic rings. The van der Waals surface area contributed by atoms with Gasteiger partial charge in [0.05, 0.1) is 29.3 Å². The van der Waals surface area contributed by atoms with E-state index >= 15 is 0 Å². The molecule has 0 aliphatic heterocycles. The number of rotatable bonds is 4. The van der Waals surface area contributed by atoms with Gasteiger partial charge in [-0.1, -0.05) is 23.7 Å². The van der Waals surface area contributed by atoms with Crippen molar-refractivity contribution in [3.8, 4) is 0 Å². The molecule has 1 N–H and O–H groups in total. The van der Waals surface area contributed by atoms with Crippen molar-refractivity contribution in [1.29, 1.82) is 0 Å². The van der Waals surface area contributed by atoms with Crippen LogP contribution in [0.4, 0.5) is 5.82 Å². The summed E-state index contributed by atoms with van der Waals surface area (Å²) in [5.41, 5.74) is 1.48.